The maximum absolute atomic E-state index is 12.6. The molecule has 1 aliphatic heterocycles. The highest BCUT2D eigenvalue weighted by molar-refractivity contribution is 7.94. The molecule has 7 nitrogen and oxygen atoms in total. The van der Waals surface area contributed by atoms with Crippen molar-refractivity contribution < 1.29 is 17.9 Å². The monoisotopic (exact) mass is 499 g/mol. The smallest absolute Gasteiger partial charge is 0.273 e. The van der Waals surface area contributed by atoms with Crippen LogP contribution in [0.25, 0.3) is 0 Å². The molecule has 1 fully saturated rings. The summed E-state index contributed by atoms with van der Waals surface area (Å²) >= 11 is 1.18. The molecule has 4 rings (SSSR count). The van der Waals surface area contributed by atoms with E-state index >= 15 is 0 Å². The lowest BCUT2D eigenvalue weighted by Crippen LogP contribution is -2.25. The summed E-state index contributed by atoms with van der Waals surface area (Å²) in [6.45, 7) is 3.33. The predicted molar refractivity (Wildman–Crippen MR) is 136 cm³/mol. The number of anilines is 2. The van der Waals surface area contributed by atoms with Gasteiger partial charge in [0.25, 0.3) is 15.9 Å². The molecular weight excluding hydrogens is 470 g/mol. The number of nitrogens with one attached hydrogen (secondary N) is 1. The van der Waals surface area contributed by atoms with Gasteiger partial charge in [0.1, 0.15) is 9.96 Å². The maximum Gasteiger partial charge on any atom is 0.273 e. The topological polar surface area (TPSA) is 79.0 Å². The minimum atomic E-state index is -3.59. The molecular formula is C25H29N3O4S2. The van der Waals surface area contributed by atoms with Gasteiger partial charge in [0, 0.05) is 19.3 Å². The van der Waals surface area contributed by atoms with E-state index in [0.717, 1.165) is 18.7 Å². The molecule has 0 unspecified atom stereocenters. The van der Waals surface area contributed by atoms with Crippen LogP contribution in [-0.4, -0.2) is 52.5 Å². The molecule has 1 aliphatic rings. The largest absolute Gasteiger partial charge is 0.484 e. The highest BCUT2D eigenvalue weighted by atomic mass is 32.2. The van der Waals surface area contributed by atoms with Gasteiger partial charge < -0.3 is 15.0 Å². The van der Waals surface area contributed by atoms with Gasteiger partial charge in [-0.1, -0.05) is 18.2 Å². The fourth-order valence-corrected chi connectivity index (χ4v) is 6.19. The van der Waals surface area contributed by atoms with Gasteiger partial charge in [-0.2, -0.15) is 0 Å². The number of hydrogen-bond donors (Lipinski definition) is 1. The van der Waals surface area contributed by atoms with Gasteiger partial charge in [-0.05, 0) is 85.8 Å². The van der Waals surface area contributed by atoms with Gasteiger partial charge in [-0.15, -0.1) is 11.3 Å². The van der Waals surface area contributed by atoms with Crippen LogP contribution in [0.15, 0.2) is 70.3 Å². The molecule has 2 heterocycles. The van der Waals surface area contributed by atoms with Gasteiger partial charge in [-0.25, -0.2) is 8.42 Å². The van der Waals surface area contributed by atoms with Crippen LogP contribution in [0.5, 0.6) is 5.75 Å². The lowest BCUT2D eigenvalue weighted by Gasteiger charge is -2.18. The molecule has 0 spiro atoms. The van der Waals surface area contributed by atoms with Gasteiger partial charge in [0.15, 0.2) is 6.61 Å². The third-order valence-electron chi connectivity index (χ3n) is 5.83. The Morgan fingerprint density at radius 1 is 1.06 bits per heavy atom. The third-order valence-corrected chi connectivity index (χ3v) is 8.99. The molecule has 180 valence electrons. The van der Waals surface area contributed by atoms with E-state index < -0.39 is 10.0 Å². The van der Waals surface area contributed by atoms with E-state index in [4.69, 9.17) is 4.74 Å². The van der Waals surface area contributed by atoms with Crippen LogP contribution in [-0.2, 0) is 21.2 Å². The molecule has 1 saturated heterocycles. The number of hydrogen-bond acceptors (Lipinski definition) is 6. The van der Waals surface area contributed by atoms with Crippen molar-refractivity contribution in [3.8, 4) is 5.75 Å². The van der Waals surface area contributed by atoms with E-state index in [1.807, 2.05) is 24.3 Å². The highest BCUT2D eigenvalue weighted by Gasteiger charge is 2.22. The third kappa shape index (κ3) is 6.16. The van der Waals surface area contributed by atoms with Crippen molar-refractivity contribution >= 4 is 38.6 Å². The standard InChI is InChI=1S/C25H29N3O4S2/c1-27(34(30,31)25-5-4-18-33-25)22-10-12-23(13-11-22)32-19-24(29)26-21-8-6-20(7-9-21)14-17-28-15-2-3-16-28/h4-13,18H,2-3,14-17,19H2,1H3,(H,26,29). The van der Waals surface area contributed by atoms with Crippen LogP contribution in [0.4, 0.5) is 11.4 Å². The van der Waals surface area contributed by atoms with Crippen molar-refractivity contribution in [2.24, 2.45) is 0 Å². The Balaban J connectivity index is 1.24. The average molecular weight is 500 g/mol. The maximum atomic E-state index is 12.6. The molecule has 34 heavy (non-hydrogen) atoms. The minimum absolute atomic E-state index is 0.139. The Kier molecular flexibility index (Phi) is 7.87. The minimum Gasteiger partial charge on any atom is -0.484 e. The van der Waals surface area contributed by atoms with Gasteiger partial charge in [-0.3, -0.25) is 9.10 Å². The summed E-state index contributed by atoms with van der Waals surface area (Å²) in [6.07, 6.45) is 3.61. The molecule has 0 aliphatic carbocycles. The first-order chi connectivity index (χ1) is 16.4. The quantitative estimate of drug-likeness (QED) is 0.452. The van der Waals surface area contributed by atoms with Crippen molar-refractivity contribution in [3.05, 3.63) is 71.6 Å². The van der Waals surface area contributed by atoms with Gasteiger partial charge in [0.2, 0.25) is 0 Å². The van der Waals surface area contributed by atoms with Crippen molar-refractivity contribution in [1.29, 1.82) is 0 Å². The summed E-state index contributed by atoms with van der Waals surface area (Å²) in [7, 11) is -2.08. The zero-order chi connectivity index (χ0) is 24.0. The summed E-state index contributed by atoms with van der Waals surface area (Å²) in [6, 6.07) is 17.8. The molecule has 1 amide bonds. The number of nitrogens with zero attached hydrogens (tertiary/aromatic N) is 2. The Morgan fingerprint density at radius 3 is 2.41 bits per heavy atom. The first kappa shape index (κ1) is 24.3. The van der Waals surface area contributed by atoms with Crippen molar-refractivity contribution in [3.63, 3.8) is 0 Å². The van der Waals surface area contributed by atoms with Crippen LogP contribution < -0.4 is 14.4 Å². The highest BCUT2D eigenvalue weighted by Crippen LogP contribution is 2.26. The molecule has 0 radical (unpaired) electrons. The molecule has 1 aromatic heterocycles. The molecule has 9 heteroatoms. The van der Waals surface area contributed by atoms with E-state index in [2.05, 4.69) is 10.2 Å². The van der Waals surface area contributed by atoms with Crippen LogP contribution in [0.1, 0.15) is 18.4 Å². The Bertz CT molecular complexity index is 1170. The Morgan fingerprint density at radius 2 is 1.76 bits per heavy atom. The lowest BCUT2D eigenvalue weighted by atomic mass is 10.1. The van der Waals surface area contributed by atoms with Crippen LogP contribution >= 0.6 is 11.3 Å². The molecule has 3 aromatic rings. The fourth-order valence-electron chi connectivity index (χ4n) is 3.83. The number of likely N-dealkylation sites (tertiary alicyclic amines) is 1. The van der Waals surface area contributed by atoms with Crippen molar-refractivity contribution in [1.82, 2.24) is 4.90 Å². The number of carbonyl (C=O) groups excluding carboxylic acids is 1. The SMILES string of the molecule is CN(c1ccc(OCC(=O)Nc2ccc(CCN3CCCC3)cc2)cc1)S(=O)(=O)c1cccs1. The van der Waals surface area contributed by atoms with E-state index in [9.17, 15) is 13.2 Å². The van der Waals surface area contributed by atoms with Crippen LogP contribution in [0.3, 0.4) is 0 Å². The van der Waals surface area contributed by atoms with Crippen LogP contribution in [0, 0.1) is 0 Å². The molecule has 0 bridgehead atoms. The Labute approximate surface area is 205 Å². The van der Waals surface area contributed by atoms with Crippen molar-refractivity contribution in [2.75, 3.05) is 42.9 Å². The number of sulfonamides is 1. The second-order valence-electron chi connectivity index (χ2n) is 8.23. The molecule has 0 saturated carbocycles. The number of amides is 1. The number of rotatable bonds is 10. The lowest BCUT2D eigenvalue weighted by molar-refractivity contribution is -0.118. The molecule has 2 aromatic carbocycles. The second-order valence-corrected chi connectivity index (χ2v) is 11.4. The first-order valence-corrected chi connectivity index (χ1v) is 13.6. The number of thiophene rings is 1. The zero-order valence-corrected chi connectivity index (χ0v) is 20.8. The Hall–Kier alpha value is -2.88. The van der Waals surface area contributed by atoms with E-state index in [0.29, 0.717) is 11.4 Å². The normalized spacial score (nSPS) is 14.1. The molecule has 1 N–H and O–H groups in total. The van der Waals surface area contributed by atoms with Gasteiger partial charge >= 0.3 is 0 Å². The van der Waals surface area contributed by atoms with E-state index in [1.54, 1.807) is 41.8 Å². The van der Waals surface area contributed by atoms with E-state index in [1.165, 1.54) is 54.2 Å². The number of benzene rings is 2. The van der Waals surface area contributed by atoms with Gasteiger partial charge in [0.05, 0.1) is 5.69 Å². The van der Waals surface area contributed by atoms with Crippen molar-refractivity contribution in [2.45, 2.75) is 23.5 Å². The first-order valence-electron chi connectivity index (χ1n) is 11.3. The van der Waals surface area contributed by atoms with E-state index in [-0.39, 0.29) is 16.7 Å². The summed E-state index contributed by atoms with van der Waals surface area (Å²) in [5.41, 5.74) is 2.50. The zero-order valence-electron chi connectivity index (χ0n) is 19.1. The summed E-state index contributed by atoms with van der Waals surface area (Å²) < 4.78 is 32.3. The number of ether oxygens (including phenoxy) is 1. The summed E-state index contributed by atoms with van der Waals surface area (Å²) in [5, 5.41) is 4.57. The predicted octanol–water partition coefficient (Wildman–Crippen LogP) is 4.23. The number of carbonyl (C=O) groups is 1. The fraction of sp³-hybridized carbons (Fsp3) is 0.320. The molecule has 0 atom stereocenters. The summed E-state index contributed by atoms with van der Waals surface area (Å²) in [4.78, 5) is 14.8. The average Bonchev–Trinajstić information content (AvgIpc) is 3.57. The summed E-state index contributed by atoms with van der Waals surface area (Å²) in [5.74, 6) is 0.226. The second kappa shape index (κ2) is 11.0. The van der Waals surface area contributed by atoms with Crippen LogP contribution in [0.2, 0.25) is 0 Å².